The van der Waals surface area contributed by atoms with Gasteiger partial charge in [-0.1, -0.05) is 6.07 Å². The van der Waals surface area contributed by atoms with Crippen LogP contribution in [0.5, 0.6) is 11.5 Å². The van der Waals surface area contributed by atoms with Crippen molar-refractivity contribution in [3.05, 3.63) is 47.3 Å². The number of aromatic amines is 1. The number of rotatable bonds is 8. The zero-order chi connectivity index (χ0) is 18.4. The van der Waals surface area contributed by atoms with Crippen molar-refractivity contribution in [2.75, 3.05) is 13.2 Å². The van der Waals surface area contributed by atoms with Gasteiger partial charge in [0.2, 0.25) is 0 Å². The summed E-state index contributed by atoms with van der Waals surface area (Å²) in [5.74, 6) is 0.979. The van der Waals surface area contributed by atoms with E-state index < -0.39 is 0 Å². The van der Waals surface area contributed by atoms with Gasteiger partial charge in [-0.15, -0.1) is 0 Å². The summed E-state index contributed by atoms with van der Waals surface area (Å²) in [6.45, 7) is 8.25. The van der Waals surface area contributed by atoms with Gasteiger partial charge in [0.15, 0.2) is 17.3 Å². The lowest BCUT2D eigenvalue weighted by atomic mass is 10.1. The number of benzene rings is 1. The van der Waals surface area contributed by atoms with Gasteiger partial charge in [0.05, 0.1) is 19.3 Å². The van der Waals surface area contributed by atoms with Gasteiger partial charge < -0.3 is 19.8 Å². The summed E-state index contributed by atoms with van der Waals surface area (Å²) in [7, 11) is 0. The average molecular weight is 344 g/mol. The van der Waals surface area contributed by atoms with Crippen LogP contribution >= 0.6 is 0 Å². The predicted octanol–water partition coefficient (Wildman–Crippen LogP) is 3.51. The van der Waals surface area contributed by atoms with Crippen LogP contribution in [-0.4, -0.2) is 29.9 Å². The van der Waals surface area contributed by atoms with Gasteiger partial charge in [-0.25, -0.2) is 0 Å². The van der Waals surface area contributed by atoms with E-state index in [1.807, 2.05) is 39.0 Å². The molecular formula is C19H24N2O4. The van der Waals surface area contributed by atoms with E-state index in [9.17, 15) is 9.59 Å². The summed E-state index contributed by atoms with van der Waals surface area (Å²) in [6.07, 6.45) is 1.53. The highest BCUT2D eigenvalue weighted by Crippen LogP contribution is 2.30. The van der Waals surface area contributed by atoms with Gasteiger partial charge >= 0.3 is 0 Å². The highest BCUT2D eigenvalue weighted by Gasteiger charge is 2.16. The summed E-state index contributed by atoms with van der Waals surface area (Å²) >= 11 is 0. The first-order valence-corrected chi connectivity index (χ1v) is 8.36. The molecule has 1 atom stereocenters. The van der Waals surface area contributed by atoms with E-state index in [1.54, 1.807) is 6.07 Å². The first-order valence-electron chi connectivity index (χ1n) is 8.36. The van der Waals surface area contributed by atoms with Crippen molar-refractivity contribution in [3.8, 4) is 11.5 Å². The van der Waals surface area contributed by atoms with Gasteiger partial charge in [0.25, 0.3) is 5.91 Å². The molecule has 0 aliphatic carbocycles. The smallest absolute Gasteiger partial charge is 0.268 e. The molecule has 1 aromatic carbocycles. The molecular weight excluding hydrogens is 320 g/mol. The Balaban J connectivity index is 2.13. The van der Waals surface area contributed by atoms with Crippen LogP contribution in [-0.2, 0) is 0 Å². The highest BCUT2D eigenvalue weighted by molar-refractivity contribution is 5.99. The van der Waals surface area contributed by atoms with Crippen LogP contribution in [0.4, 0.5) is 0 Å². The molecule has 2 aromatic rings. The minimum absolute atomic E-state index is 0.0868. The Bertz CT molecular complexity index is 752. The molecule has 0 saturated carbocycles. The van der Waals surface area contributed by atoms with Gasteiger partial charge in [-0.05, 0) is 51.5 Å². The number of amides is 1. The highest BCUT2D eigenvalue weighted by atomic mass is 16.5. The molecule has 0 saturated heterocycles. The second-order valence-corrected chi connectivity index (χ2v) is 5.63. The third-order valence-electron chi connectivity index (χ3n) is 3.75. The van der Waals surface area contributed by atoms with Gasteiger partial charge in [-0.3, -0.25) is 9.59 Å². The standard InChI is InChI=1S/C19H24N2O4/c1-5-24-17-8-7-14(10-18(17)25-6-2)12(3)21-19(23)16-9-15(11-20-16)13(4)22/h7-12,20H,5-6H2,1-4H3,(H,21,23)/t12-/m1/s1. The maximum Gasteiger partial charge on any atom is 0.268 e. The Morgan fingerprint density at radius 3 is 2.40 bits per heavy atom. The van der Waals surface area contributed by atoms with E-state index in [-0.39, 0.29) is 17.7 Å². The molecule has 6 nitrogen and oxygen atoms in total. The number of H-pyrrole nitrogens is 1. The number of hydrogen-bond donors (Lipinski definition) is 2. The topological polar surface area (TPSA) is 80.4 Å². The molecule has 1 amide bonds. The lowest BCUT2D eigenvalue weighted by molar-refractivity contribution is 0.0935. The summed E-state index contributed by atoms with van der Waals surface area (Å²) in [5, 5.41) is 2.91. The fourth-order valence-electron chi connectivity index (χ4n) is 2.42. The summed E-state index contributed by atoms with van der Waals surface area (Å²) in [4.78, 5) is 26.5. The molecule has 0 bridgehead atoms. The number of nitrogens with one attached hydrogen (secondary N) is 2. The fourth-order valence-corrected chi connectivity index (χ4v) is 2.42. The zero-order valence-electron chi connectivity index (χ0n) is 15.0. The molecule has 0 spiro atoms. The van der Waals surface area contributed by atoms with E-state index >= 15 is 0 Å². The van der Waals surface area contributed by atoms with Gasteiger partial charge in [-0.2, -0.15) is 0 Å². The third kappa shape index (κ3) is 4.62. The van der Waals surface area contributed by atoms with E-state index in [0.717, 1.165) is 5.56 Å². The summed E-state index contributed by atoms with van der Waals surface area (Å²) in [5.41, 5.74) is 1.74. The maximum absolute atomic E-state index is 12.3. The van der Waals surface area contributed by atoms with Crippen LogP contribution in [0.2, 0.25) is 0 Å². The van der Waals surface area contributed by atoms with Crippen LogP contribution in [0.1, 0.15) is 60.1 Å². The minimum Gasteiger partial charge on any atom is -0.490 e. The number of carbonyl (C=O) groups excluding carboxylic acids is 2. The number of ketones is 1. The van der Waals surface area contributed by atoms with E-state index in [1.165, 1.54) is 13.1 Å². The van der Waals surface area contributed by atoms with Gasteiger partial charge in [0.1, 0.15) is 5.69 Å². The van der Waals surface area contributed by atoms with Crippen molar-refractivity contribution in [2.45, 2.75) is 33.7 Å². The van der Waals surface area contributed by atoms with Crippen LogP contribution in [0.25, 0.3) is 0 Å². The van der Waals surface area contributed by atoms with E-state index in [2.05, 4.69) is 10.3 Å². The van der Waals surface area contributed by atoms with Crippen molar-refractivity contribution in [1.29, 1.82) is 0 Å². The number of Topliss-reactive ketones (excluding diaryl/α,β-unsaturated/α-hetero) is 1. The molecule has 1 aromatic heterocycles. The molecule has 2 N–H and O–H groups in total. The molecule has 1 heterocycles. The van der Waals surface area contributed by atoms with Gasteiger partial charge in [0, 0.05) is 11.8 Å². The molecule has 0 fully saturated rings. The number of aromatic nitrogens is 1. The predicted molar refractivity (Wildman–Crippen MR) is 95.5 cm³/mol. The Labute approximate surface area is 147 Å². The molecule has 25 heavy (non-hydrogen) atoms. The number of carbonyl (C=O) groups is 2. The van der Waals surface area contributed by atoms with Crippen molar-refractivity contribution in [3.63, 3.8) is 0 Å². The first-order chi connectivity index (χ1) is 12.0. The van der Waals surface area contributed by atoms with Crippen molar-refractivity contribution >= 4 is 11.7 Å². The maximum atomic E-state index is 12.3. The largest absolute Gasteiger partial charge is 0.490 e. The number of hydrogen-bond acceptors (Lipinski definition) is 4. The SMILES string of the molecule is CCOc1ccc([C@@H](C)NC(=O)c2cc(C(C)=O)c[nH]2)cc1OCC. The molecule has 0 aliphatic rings. The minimum atomic E-state index is -0.271. The summed E-state index contributed by atoms with van der Waals surface area (Å²) < 4.78 is 11.2. The Kier molecular flexibility index (Phi) is 6.22. The fraction of sp³-hybridized carbons (Fsp3) is 0.368. The van der Waals surface area contributed by atoms with Crippen LogP contribution in [0.15, 0.2) is 30.5 Å². The molecule has 0 unspecified atom stereocenters. The van der Waals surface area contributed by atoms with Crippen molar-refractivity contribution in [2.24, 2.45) is 0 Å². The Morgan fingerprint density at radius 1 is 1.12 bits per heavy atom. The van der Waals surface area contributed by atoms with E-state index in [0.29, 0.717) is 36.0 Å². The van der Waals surface area contributed by atoms with Crippen LogP contribution in [0.3, 0.4) is 0 Å². The third-order valence-corrected chi connectivity index (χ3v) is 3.75. The second kappa shape index (κ2) is 8.37. The zero-order valence-corrected chi connectivity index (χ0v) is 15.0. The first kappa shape index (κ1) is 18.6. The Hall–Kier alpha value is -2.76. The molecule has 0 aliphatic heterocycles. The monoisotopic (exact) mass is 344 g/mol. The van der Waals surface area contributed by atoms with Crippen molar-refractivity contribution in [1.82, 2.24) is 10.3 Å². The van der Waals surface area contributed by atoms with E-state index in [4.69, 9.17) is 9.47 Å². The Morgan fingerprint density at radius 2 is 1.80 bits per heavy atom. The van der Waals surface area contributed by atoms with Crippen LogP contribution in [0, 0.1) is 0 Å². The average Bonchev–Trinajstić information content (AvgIpc) is 3.07. The number of ether oxygens (including phenoxy) is 2. The molecule has 134 valence electrons. The van der Waals surface area contributed by atoms with Crippen molar-refractivity contribution < 1.29 is 19.1 Å². The molecule has 2 rings (SSSR count). The summed E-state index contributed by atoms with van der Waals surface area (Å²) in [6, 6.07) is 6.93. The second-order valence-electron chi connectivity index (χ2n) is 5.63. The normalized spacial score (nSPS) is 11.7. The lowest BCUT2D eigenvalue weighted by Gasteiger charge is -2.17. The lowest BCUT2D eigenvalue weighted by Crippen LogP contribution is -2.26. The molecule has 0 radical (unpaired) electrons. The quantitative estimate of drug-likeness (QED) is 0.718. The molecule has 6 heteroatoms. The van der Waals surface area contributed by atoms with Crippen LogP contribution < -0.4 is 14.8 Å².